The summed E-state index contributed by atoms with van der Waals surface area (Å²) in [6.07, 6.45) is 1.15. The maximum Gasteiger partial charge on any atom is 0.264 e. The van der Waals surface area contributed by atoms with Crippen molar-refractivity contribution in [3.05, 3.63) is 95.0 Å². The van der Waals surface area contributed by atoms with Gasteiger partial charge in [-0.3, -0.25) is 13.9 Å². The largest absolute Gasteiger partial charge is 0.354 e. The summed E-state index contributed by atoms with van der Waals surface area (Å²) in [7, 11) is -4.07. The minimum absolute atomic E-state index is 0.0769. The van der Waals surface area contributed by atoms with Gasteiger partial charge in [0.1, 0.15) is 12.6 Å². The fourth-order valence-corrected chi connectivity index (χ4v) is 5.62. The number of anilines is 1. The second-order valence-electron chi connectivity index (χ2n) is 8.52. The Labute approximate surface area is 227 Å². The number of nitrogens with one attached hydrogen (secondary N) is 1. The highest BCUT2D eigenvalue weighted by atomic mass is 79.9. The number of hydrogen-bond donors (Lipinski definition) is 1. The molecule has 0 radical (unpaired) electrons. The highest BCUT2D eigenvalue weighted by Gasteiger charge is 2.33. The van der Waals surface area contributed by atoms with Crippen molar-refractivity contribution in [1.82, 2.24) is 10.2 Å². The van der Waals surface area contributed by atoms with E-state index in [2.05, 4.69) is 21.2 Å². The standard InChI is InChI=1S/C28H32BrN3O4S/c1-3-19-30-28(34)26(4-2)31(20-22-11-7-5-8-12-22)27(33)21-32(24-17-15-23(29)16-18-24)37(35,36)25-13-9-6-10-14-25/h5-18,26H,3-4,19-21H2,1-2H3,(H,30,34). The summed E-state index contributed by atoms with van der Waals surface area (Å²) in [6.45, 7) is 4.02. The van der Waals surface area contributed by atoms with Gasteiger partial charge < -0.3 is 10.2 Å². The minimum Gasteiger partial charge on any atom is -0.354 e. The third-order valence-corrected chi connectivity index (χ3v) is 8.17. The molecule has 0 aliphatic heterocycles. The molecule has 7 nitrogen and oxygen atoms in total. The molecule has 3 aromatic rings. The van der Waals surface area contributed by atoms with Crippen molar-refractivity contribution in [1.29, 1.82) is 0 Å². The number of carbonyl (C=O) groups excluding carboxylic acids is 2. The fraction of sp³-hybridized carbons (Fsp3) is 0.286. The molecule has 1 atom stereocenters. The van der Waals surface area contributed by atoms with Gasteiger partial charge in [0.2, 0.25) is 11.8 Å². The molecule has 196 valence electrons. The van der Waals surface area contributed by atoms with E-state index in [4.69, 9.17) is 0 Å². The molecule has 0 aliphatic carbocycles. The lowest BCUT2D eigenvalue weighted by atomic mass is 10.1. The summed E-state index contributed by atoms with van der Waals surface area (Å²) in [5.74, 6) is -0.723. The Bertz CT molecular complexity index is 1270. The van der Waals surface area contributed by atoms with Crippen molar-refractivity contribution in [3.63, 3.8) is 0 Å². The van der Waals surface area contributed by atoms with Crippen LogP contribution >= 0.6 is 15.9 Å². The third-order valence-electron chi connectivity index (χ3n) is 5.86. The Kier molecular flexibility index (Phi) is 10.3. The summed E-state index contributed by atoms with van der Waals surface area (Å²) in [5, 5.41) is 2.88. The van der Waals surface area contributed by atoms with E-state index in [9.17, 15) is 18.0 Å². The molecule has 2 amide bonds. The Balaban J connectivity index is 2.02. The first-order valence-electron chi connectivity index (χ1n) is 12.2. The monoisotopic (exact) mass is 585 g/mol. The van der Waals surface area contributed by atoms with Crippen LogP contribution in [0.1, 0.15) is 32.3 Å². The van der Waals surface area contributed by atoms with Crippen LogP contribution in [0.5, 0.6) is 0 Å². The molecule has 0 bridgehead atoms. The first-order chi connectivity index (χ1) is 17.8. The van der Waals surface area contributed by atoms with Gasteiger partial charge in [-0.2, -0.15) is 0 Å². The topological polar surface area (TPSA) is 86.8 Å². The average molecular weight is 587 g/mol. The predicted molar refractivity (Wildman–Crippen MR) is 149 cm³/mol. The lowest BCUT2D eigenvalue weighted by Crippen LogP contribution is -2.52. The molecule has 1 unspecified atom stereocenters. The van der Waals surface area contributed by atoms with Crippen molar-refractivity contribution in [2.45, 2.75) is 44.2 Å². The molecule has 0 fully saturated rings. The summed E-state index contributed by atoms with van der Waals surface area (Å²) >= 11 is 3.38. The van der Waals surface area contributed by atoms with Crippen LogP contribution in [0, 0.1) is 0 Å². The molecule has 0 aliphatic rings. The number of hydrogen-bond acceptors (Lipinski definition) is 4. The van der Waals surface area contributed by atoms with Crippen molar-refractivity contribution < 1.29 is 18.0 Å². The van der Waals surface area contributed by atoms with Gasteiger partial charge >= 0.3 is 0 Å². The van der Waals surface area contributed by atoms with Gasteiger partial charge in [-0.1, -0.05) is 78.3 Å². The number of amides is 2. The zero-order valence-corrected chi connectivity index (χ0v) is 23.4. The van der Waals surface area contributed by atoms with Gasteiger partial charge in [-0.25, -0.2) is 8.42 Å². The average Bonchev–Trinajstić information content (AvgIpc) is 2.92. The van der Waals surface area contributed by atoms with Gasteiger partial charge in [0.05, 0.1) is 10.6 Å². The van der Waals surface area contributed by atoms with Crippen LogP contribution in [0.3, 0.4) is 0 Å². The van der Waals surface area contributed by atoms with Gasteiger partial charge in [0.15, 0.2) is 0 Å². The molecular weight excluding hydrogens is 554 g/mol. The van der Waals surface area contributed by atoms with E-state index in [1.54, 1.807) is 42.5 Å². The number of sulfonamides is 1. The first-order valence-corrected chi connectivity index (χ1v) is 14.5. The molecule has 1 N–H and O–H groups in total. The summed E-state index contributed by atoms with van der Waals surface area (Å²) in [4.78, 5) is 28.5. The van der Waals surface area contributed by atoms with Gasteiger partial charge in [-0.15, -0.1) is 0 Å². The summed E-state index contributed by atoms with van der Waals surface area (Å²) < 4.78 is 29.3. The number of halogens is 1. The van der Waals surface area contributed by atoms with E-state index < -0.39 is 28.5 Å². The number of rotatable bonds is 12. The number of nitrogens with zero attached hydrogens (tertiary/aromatic N) is 2. The van der Waals surface area contributed by atoms with Crippen molar-refractivity contribution >= 4 is 43.5 Å². The highest BCUT2D eigenvalue weighted by Crippen LogP contribution is 2.26. The Hall–Kier alpha value is -3.17. The Morgan fingerprint density at radius 1 is 0.892 bits per heavy atom. The summed E-state index contributed by atoms with van der Waals surface area (Å²) in [5.41, 5.74) is 1.20. The zero-order chi connectivity index (χ0) is 26.8. The normalized spacial score (nSPS) is 12.0. The summed E-state index contributed by atoms with van der Waals surface area (Å²) in [6, 6.07) is 23.4. The SMILES string of the molecule is CCCNC(=O)C(CC)N(Cc1ccccc1)C(=O)CN(c1ccc(Br)cc1)S(=O)(=O)c1ccccc1. The van der Waals surface area contributed by atoms with E-state index in [-0.39, 0.29) is 17.3 Å². The third kappa shape index (κ3) is 7.42. The van der Waals surface area contributed by atoms with Gasteiger partial charge in [-0.05, 0) is 54.8 Å². The second kappa shape index (κ2) is 13.4. The van der Waals surface area contributed by atoms with Crippen LogP contribution in [0.4, 0.5) is 5.69 Å². The highest BCUT2D eigenvalue weighted by molar-refractivity contribution is 9.10. The fourth-order valence-electron chi connectivity index (χ4n) is 3.92. The van der Waals surface area contributed by atoms with E-state index in [1.807, 2.05) is 44.2 Å². The molecule has 3 rings (SSSR count). The van der Waals surface area contributed by atoms with Crippen LogP contribution in [0.25, 0.3) is 0 Å². The van der Waals surface area contributed by atoms with Crippen LogP contribution in [0.2, 0.25) is 0 Å². The maximum absolute atomic E-state index is 13.9. The quantitative estimate of drug-likeness (QED) is 0.325. The number of carbonyl (C=O) groups is 2. The Morgan fingerprint density at radius 3 is 2.05 bits per heavy atom. The first kappa shape index (κ1) is 28.4. The number of benzene rings is 3. The van der Waals surface area contributed by atoms with Gasteiger partial charge in [0, 0.05) is 17.6 Å². The van der Waals surface area contributed by atoms with E-state index in [0.717, 1.165) is 20.8 Å². The lowest BCUT2D eigenvalue weighted by Gasteiger charge is -2.33. The predicted octanol–water partition coefficient (Wildman–Crippen LogP) is 4.98. The van der Waals surface area contributed by atoms with Crippen LogP contribution in [-0.4, -0.2) is 44.3 Å². The molecule has 0 aromatic heterocycles. The second-order valence-corrected chi connectivity index (χ2v) is 11.3. The minimum atomic E-state index is -4.07. The lowest BCUT2D eigenvalue weighted by molar-refractivity contribution is -0.140. The molecule has 3 aromatic carbocycles. The van der Waals surface area contributed by atoms with Crippen molar-refractivity contribution in [3.8, 4) is 0 Å². The van der Waals surface area contributed by atoms with E-state index in [1.165, 1.54) is 17.0 Å². The molecule has 0 spiro atoms. The molecule has 0 saturated heterocycles. The maximum atomic E-state index is 13.9. The van der Waals surface area contributed by atoms with E-state index >= 15 is 0 Å². The van der Waals surface area contributed by atoms with Gasteiger partial charge in [0.25, 0.3) is 10.0 Å². The molecule has 37 heavy (non-hydrogen) atoms. The van der Waals surface area contributed by atoms with Crippen LogP contribution in [-0.2, 0) is 26.2 Å². The van der Waals surface area contributed by atoms with Crippen LogP contribution < -0.4 is 9.62 Å². The molecule has 9 heteroatoms. The van der Waals surface area contributed by atoms with Crippen molar-refractivity contribution in [2.75, 3.05) is 17.4 Å². The van der Waals surface area contributed by atoms with Crippen LogP contribution in [0.15, 0.2) is 94.3 Å². The molecular formula is C28H32BrN3O4S. The molecule has 0 heterocycles. The Morgan fingerprint density at radius 2 is 1.49 bits per heavy atom. The molecule has 0 saturated carbocycles. The smallest absolute Gasteiger partial charge is 0.264 e. The zero-order valence-electron chi connectivity index (χ0n) is 21.0. The van der Waals surface area contributed by atoms with E-state index in [0.29, 0.717) is 18.7 Å². The van der Waals surface area contributed by atoms with Crippen molar-refractivity contribution in [2.24, 2.45) is 0 Å².